The summed E-state index contributed by atoms with van der Waals surface area (Å²) in [6, 6.07) is 22.9. The molecule has 0 unspecified atom stereocenters. The zero-order valence-corrected chi connectivity index (χ0v) is 19.9. The van der Waals surface area contributed by atoms with Crippen LogP contribution in [0.2, 0.25) is 10.0 Å². The number of carbonyl (C=O) groups excluding carboxylic acids is 2. The maximum absolute atomic E-state index is 13.4. The van der Waals surface area contributed by atoms with E-state index >= 15 is 0 Å². The fourth-order valence-corrected chi connectivity index (χ4v) is 3.64. The fourth-order valence-electron chi connectivity index (χ4n) is 3.39. The lowest BCUT2D eigenvalue weighted by Crippen LogP contribution is -2.51. The highest BCUT2D eigenvalue weighted by molar-refractivity contribution is 6.30. The lowest BCUT2D eigenvalue weighted by atomic mass is 10.0. The van der Waals surface area contributed by atoms with Crippen molar-refractivity contribution >= 4 is 35.0 Å². The van der Waals surface area contributed by atoms with E-state index in [0.29, 0.717) is 28.8 Å². The summed E-state index contributed by atoms with van der Waals surface area (Å²) < 4.78 is 5.70. The first-order valence-corrected chi connectivity index (χ1v) is 11.5. The van der Waals surface area contributed by atoms with Crippen LogP contribution in [0.3, 0.4) is 0 Å². The molecule has 0 heterocycles. The Hall–Kier alpha value is -3.02. The summed E-state index contributed by atoms with van der Waals surface area (Å²) in [6.07, 6.45) is 0.382. The van der Waals surface area contributed by atoms with E-state index < -0.39 is 6.04 Å². The van der Waals surface area contributed by atoms with Crippen LogP contribution >= 0.6 is 23.2 Å². The second-order valence-electron chi connectivity index (χ2n) is 7.49. The number of nitrogens with one attached hydrogen (secondary N) is 1. The minimum atomic E-state index is -0.704. The summed E-state index contributed by atoms with van der Waals surface area (Å²) in [4.78, 5) is 28.0. The third kappa shape index (κ3) is 7.52. The van der Waals surface area contributed by atoms with Crippen molar-refractivity contribution in [2.45, 2.75) is 25.9 Å². The van der Waals surface area contributed by atoms with Crippen molar-refractivity contribution in [1.82, 2.24) is 10.2 Å². The molecule has 3 aromatic rings. The number of benzene rings is 3. The third-order valence-corrected chi connectivity index (χ3v) is 5.57. The second kappa shape index (κ2) is 12.3. The van der Waals surface area contributed by atoms with Gasteiger partial charge in [0.25, 0.3) is 5.91 Å². The highest BCUT2D eigenvalue weighted by Gasteiger charge is 2.30. The van der Waals surface area contributed by atoms with Crippen molar-refractivity contribution < 1.29 is 14.3 Å². The van der Waals surface area contributed by atoms with Crippen molar-refractivity contribution in [3.05, 3.63) is 100 Å². The average molecular weight is 485 g/mol. The van der Waals surface area contributed by atoms with Crippen molar-refractivity contribution in [3.8, 4) is 5.75 Å². The Morgan fingerprint density at radius 1 is 0.879 bits per heavy atom. The molecule has 0 fully saturated rings. The lowest BCUT2D eigenvalue weighted by molar-refractivity contribution is -0.142. The molecule has 3 rings (SSSR count). The number of amides is 2. The van der Waals surface area contributed by atoms with Crippen LogP contribution in [0, 0.1) is 0 Å². The van der Waals surface area contributed by atoms with E-state index in [9.17, 15) is 9.59 Å². The molecule has 0 radical (unpaired) electrons. The van der Waals surface area contributed by atoms with Crippen LogP contribution in [0.1, 0.15) is 18.1 Å². The Morgan fingerprint density at radius 3 is 2.09 bits per heavy atom. The smallest absolute Gasteiger partial charge is 0.261 e. The van der Waals surface area contributed by atoms with E-state index in [1.54, 1.807) is 41.3 Å². The molecule has 172 valence electrons. The monoisotopic (exact) mass is 484 g/mol. The van der Waals surface area contributed by atoms with Crippen LogP contribution in [-0.2, 0) is 22.6 Å². The van der Waals surface area contributed by atoms with E-state index in [2.05, 4.69) is 5.32 Å². The molecule has 3 aromatic carbocycles. The molecule has 0 spiro atoms. The molecule has 0 aliphatic rings. The maximum Gasteiger partial charge on any atom is 0.261 e. The number of hydrogen-bond acceptors (Lipinski definition) is 3. The van der Waals surface area contributed by atoms with Crippen LogP contribution in [0.4, 0.5) is 0 Å². The quantitative estimate of drug-likeness (QED) is 0.432. The Morgan fingerprint density at radius 2 is 1.48 bits per heavy atom. The van der Waals surface area contributed by atoms with E-state index in [4.69, 9.17) is 27.9 Å². The topological polar surface area (TPSA) is 58.6 Å². The molecule has 7 heteroatoms. The number of likely N-dealkylation sites (N-methyl/N-ethyl adjacent to an activating group) is 1. The Bertz CT molecular complexity index is 1040. The Kier molecular flexibility index (Phi) is 9.16. The van der Waals surface area contributed by atoms with E-state index in [1.807, 2.05) is 49.4 Å². The van der Waals surface area contributed by atoms with Crippen LogP contribution in [0.15, 0.2) is 78.9 Å². The van der Waals surface area contributed by atoms with Gasteiger partial charge in [0, 0.05) is 29.6 Å². The maximum atomic E-state index is 13.4. The highest BCUT2D eigenvalue weighted by atomic mass is 35.5. The van der Waals surface area contributed by atoms with Crippen LogP contribution in [0.25, 0.3) is 0 Å². The number of ether oxygens (including phenoxy) is 1. The van der Waals surface area contributed by atoms with Gasteiger partial charge in [-0.05, 0) is 54.4 Å². The predicted octanol–water partition coefficient (Wildman–Crippen LogP) is 5.15. The normalized spacial score (nSPS) is 11.5. The summed E-state index contributed by atoms with van der Waals surface area (Å²) in [7, 11) is 0. The van der Waals surface area contributed by atoms with Gasteiger partial charge in [-0.25, -0.2) is 0 Å². The van der Waals surface area contributed by atoms with Gasteiger partial charge < -0.3 is 15.0 Å². The van der Waals surface area contributed by atoms with Gasteiger partial charge in [0.1, 0.15) is 11.8 Å². The molecule has 0 aromatic heterocycles. The Balaban J connectivity index is 1.87. The molecule has 0 saturated heterocycles. The van der Waals surface area contributed by atoms with E-state index in [-0.39, 0.29) is 25.0 Å². The van der Waals surface area contributed by atoms with Crippen molar-refractivity contribution in [2.75, 3.05) is 13.2 Å². The SMILES string of the molecule is CCNC(=O)[C@H](Cc1ccccc1)N(Cc1ccc(Cl)cc1)C(=O)COc1ccc(Cl)cc1. The third-order valence-electron chi connectivity index (χ3n) is 5.06. The molecular formula is C26H26Cl2N2O3. The van der Waals surface area contributed by atoms with E-state index in [1.165, 1.54) is 0 Å². The minimum Gasteiger partial charge on any atom is -0.484 e. The molecule has 2 amide bonds. The summed E-state index contributed by atoms with van der Waals surface area (Å²) in [5.74, 6) is 0.0130. The predicted molar refractivity (Wildman–Crippen MR) is 132 cm³/mol. The zero-order valence-electron chi connectivity index (χ0n) is 18.3. The molecule has 0 aliphatic heterocycles. The molecule has 33 heavy (non-hydrogen) atoms. The Labute approximate surface area is 204 Å². The molecule has 0 bridgehead atoms. The average Bonchev–Trinajstić information content (AvgIpc) is 2.82. The van der Waals surface area contributed by atoms with Crippen LogP contribution in [0.5, 0.6) is 5.75 Å². The first-order valence-electron chi connectivity index (χ1n) is 10.7. The first kappa shape index (κ1) is 24.6. The van der Waals surface area contributed by atoms with Crippen LogP contribution in [-0.4, -0.2) is 35.9 Å². The van der Waals surface area contributed by atoms with Crippen molar-refractivity contribution in [1.29, 1.82) is 0 Å². The van der Waals surface area contributed by atoms with Gasteiger partial charge in [0.2, 0.25) is 5.91 Å². The zero-order chi connectivity index (χ0) is 23.6. The summed E-state index contributed by atoms with van der Waals surface area (Å²) in [6.45, 7) is 2.36. The van der Waals surface area contributed by atoms with E-state index in [0.717, 1.165) is 11.1 Å². The minimum absolute atomic E-state index is 0.208. The first-order chi connectivity index (χ1) is 16.0. The van der Waals surface area contributed by atoms with Gasteiger partial charge >= 0.3 is 0 Å². The summed E-state index contributed by atoms with van der Waals surface area (Å²) in [5, 5.41) is 4.05. The lowest BCUT2D eigenvalue weighted by Gasteiger charge is -2.31. The van der Waals surface area contributed by atoms with Crippen LogP contribution < -0.4 is 10.1 Å². The second-order valence-corrected chi connectivity index (χ2v) is 8.36. The largest absolute Gasteiger partial charge is 0.484 e. The van der Waals surface area contributed by atoms with Gasteiger partial charge in [0.05, 0.1) is 0 Å². The molecule has 1 atom stereocenters. The van der Waals surface area contributed by atoms with Crippen molar-refractivity contribution in [2.24, 2.45) is 0 Å². The highest BCUT2D eigenvalue weighted by Crippen LogP contribution is 2.19. The van der Waals surface area contributed by atoms with Gasteiger partial charge in [0.15, 0.2) is 6.61 Å². The summed E-state index contributed by atoms with van der Waals surface area (Å²) in [5.41, 5.74) is 1.82. The van der Waals surface area contributed by atoms with Gasteiger partial charge in [-0.1, -0.05) is 65.7 Å². The van der Waals surface area contributed by atoms with Gasteiger partial charge in [-0.3, -0.25) is 9.59 Å². The summed E-state index contributed by atoms with van der Waals surface area (Å²) >= 11 is 12.0. The van der Waals surface area contributed by atoms with Gasteiger partial charge in [-0.2, -0.15) is 0 Å². The molecular weight excluding hydrogens is 459 g/mol. The number of carbonyl (C=O) groups is 2. The van der Waals surface area contributed by atoms with Crippen molar-refractivity contribution in [3.63, 3.8) is 0 Å². The number of halogens is 2. The number of hydrogen-bond donors (Lipinski definition) is 1. The molecule has 1 N–H and O–H groups in total. The number of nitrogens with zero attached hydrogens (tertiary/aromatic N) is 1. The fraction of sp³-hybridized carbons (Fsp3) is 0.231. The molecule has 5 nitrogen and oxygen atoms in total. The standard InChI is InChI=1S/C26H26Cl2N2O3/c1-2-29-26(32)24(16-19-6-4-3-5-7-19)30(17-20-8-10-21(27)11-9-20)25(31)18-33-23-14-12-22(28)13-15-23/h3-15,24H,2,16-18H2,1H3,(H,29,32)/t24-/m0/s1. The molecule has 0 saturated carbocycles. The molecule has 0 aliphatic carbocycles. The van der Waals surface area contributed by atoms with Gasteiger partial charge in [-0.15, -0.1) is 0 Å². The number of rotatable bonds is 10.